The summed E-state index contributed by atoms with van der Waals surface area (Å²) in [5.41, 5.74) is 7.06. The zero-order valence-electron chi connectivity index (χ0n) is 12.3. The zero-order valence-corrected chi connectivity index (χ0v) is 13.9. The number of carbonyl (C=O) groups is 1. The molecule has 2 bridgehead atoms. The van der Waals surface area contributed by atoms with Gasteiger partial charge < -0.3 is 16.0 Å². The van der Waals surface area contributed by atoms with E-state index in [1.807, 2.05) is 18.2 Å². The highest BCUT2D eigenvalue weighted by Gasteiger charge is 2.36. The molecule has 1 aromatic carbocycles. The van der Waals surface area contributed by atoms with Gasteiger partial charge in [-0.25, -0.2) is 0 Å². The number of carbonyl (C=O) groups excluding carboxylic acids is 1. The first-order valence-electron chi connectivity index (χ1n) is 7.70. The lowest BCUT2D eigenvalue weighted by molar-refractivity contribution is 0.100. The fourth-order valence-electron chi connectivity index (χ4n) is 3.80. The fourth-order valence-corrected chi connectivity index (χ4v) is 4.41. The van der Waals surface area contributed by atoms with Crippen molar-refractivity contribution in [2.75, 3.05) is 11.4 Å². The molecule has 1 aromatic rings. The topological polar surface area (TPSA) is 58.4 Å². The average molecular weight is 352 g/mol. The van der Waals surface area contributed by atoms with E-state index in [2.05, 4.69) is 33.1 Å². The third-order valence-electron chi connectivity index (χ3n) is 4.77. The van der Waals surface area contributed by atoms with Crippen LogP contribution in [0, 0.1) is 0 Å². The van der Waals surface area contributed by atoms with E-state index in [0.29, 0.717) is 23.7 Å². The van der Waals surface area contributed by atoms with Crippen LogP contribution in [0.2, 0.25) is 0 Å². The first-order chi connectivity index (χ1) is 10.1. The molecule has 2 aliphatic heterocycles. The van der Waals surface area contributed by atoms with Crippen molar-refractivity contribution in [1.29, 1.82) is 0 Å². The molecule has 21 heavy (non-hydrogen) atoms. The van der Waals surface area contributed by atoms with Crippen molar-refractivity contribution in [2.45, 2.75) is 50.7 Å². The van der Waals surface area contributed by atoms with Gasteiger partial charge in [0.15, 0.2) is 0 Å². The highest BCUT2D eigenvalue weighted by molar-refractivity contribution is 9.10. The maximum atomic E-state index is 11.3. The highest BCUT2D eigenvalue weighted by Crippen LogP contribution is 2.35. The summed E-state index contributed by atoms with van der Waals surface area (Å²) in [6, 6.07) is 7.58. The predicted octanol–water partition coefficient (Wildman–Crippen LogP) is 2.66. The van der Waals surface area contributed by atoms with Crippen molar-refractivity contribution >= 4 is 27.5 Å². The Labute approximate surface area is 134 Å². The van der Waals surface area contributed by atoms with Crippen molar-refractivity contribution in [2.24, 2.45) is 5.73 Å². The van der Waals surface area contributed by atoms with Crippen molar-refractivity contribution in [3.05, 3.63) is 28.2 Å². The van der Waals surface area contributed by atoms with Gasteiger partial charge in [-0.2, -0.15) is 0 Å². The third kappa shape index (κ3) is 2.94. The van der Waals surface area contributed by atoms with Gasteiger partial charge >= 0.3 is 0 Å². The van der Waals surface area contributed by atoms with Gasteiger partial charge in [0, 0.05) is 34.7 Å². The second kappa shape index (κ2) is 5.97. The van der Waals surface area contributed by atoms with Crippen LogP contribution in [0.15, 0.2) is 22.7 Å². The maximum Gasteiger partial charge on any atom is 0.248 e. The third-order valence-corrected chi connectivity index (χ3v) is 5.41. The second-order valence-corrected chi connectivity index (χ2v) is 6.93. The quantitative estimate of drug-likeness (QED) is 0.876. The van der Waals surface area contributed by atoms with Gasteiger partial charge in [0.05, 0.1) is 5.69 Å². The van der Waals surface area contributed by atoms with Gasteiger partial charge in [0.1, 0.15) is 0 Å². The number of benzene rings is 1. The minimum atomic E-state index is -0.384. The molecule has 5 heteroatoms. The number of nitrogens with one attached hydrogen (secondary N) is 1. The van der Waals surface area contributed by atoms with Crippen LogP contribution >= 0.6 is 15.9 Å². The van der Waals surface area contributed by atoms with E-state index in [1.54, 1.807) is 0 Å². The van der Waals surface area contributed by atoms with E-state index in [4.69, 9.17) is 5.73 Å². The molecule has 2 atom stereocenters. The smallest absolute Gasteiger partial charge is 0.248 e. The Bertz CT molecular complexity index is 536. The number of nitrogens with two attached hydrogens (primary N) is 1. The van der Waals surface area contributed by atoms with Gasteiger partial charge in [0.25, 0.3) is 0 Å². The lowest BCUT2D eigenvalue weighted by atomic mass is 9.97. The van der Waals surface area contributed by atoms with Crippen molar-refractivity contribution in [3.63, 3.8) is 0 Å². The Morgan fingerprint density at radius 2 is 2.05 bits per heavy atom. The van der Waals surface area contributed by atoms with Crippen LogP contribution in [0.5, 0.6) is 0 Å². The number of halogens is 1. The van der Waals surface area contributed by atoms with Crippen LogP contribution in [-0.4, -0.2) is 30.6 Å². The summed E-state index contributed by atoms with van der Waals surface area (Å²) in [5, 5.41) is 3.69. The monoisotopic (exact) mass is 351 g/mol. The number of primary amides is 1. The zero-order chi connectivity index (χ0) is 15.0. The van der Waals surface area contributed by atoms with Gasteiger partial charge in [0.2, 0.25) is 5.91 Å². The Balaban J connectivity index is 1.84. The van der Waals surface area contributed by atoms with Crippen molar-refractivity contribution < 1.29 is 4.79 Å². The molecule has 3 rings (SSSR count). The van der Waals surface area contributed by atoms with Crippen LogP contribution in [0.1, 0.15) is 43.0 Å². The molecule has 4 nitrogen and oxygen atoms in total. The molecule has 114 valence electrons. The van der Waals surface area contributed by atoms with Crippen LogP contribution in [0.4, 0.5) is 5.69 Å². The summed E-state index contributed by atoms with van der Waals surface area (Å²) in [5.74, 6) is -0.384. The molecule has 0 saturated carbocycles. The van der Waals surface area contributed by atoms with Crippen molar-refractivity contribution in [3.8, 4) is 0 Å². The lowest BCUT2D eigenvalue weighted by Gasteiger charge is -2.39. The van der Waals surface area contributed by atoms with E-state index in [0.717, 1.165) is 16.7 Å². The Morgan fingerprint density at radius 3 is 2.57 bits per heavy atom. The molecule has 0 radical (unpaired) electrons. The van der Waals surface area contributed by atoms with Gasteiger partial charge in [-0.15, -0.1) is 0 Å². The van der Waals surface area contributed by atoms with Gasteiger partial charge in [-0.3, -0.25) is 4.79 Å². The van der Waals surface area contributed by atoms with E-state index < -0.39 is 0 Å². The second-order valence-electron chi connectivity index (χ2n) is 6.08. The van der Waals surface area contributed by atoms with E-state index in [9.17, 15) is 4.79 Å². The van der Waals surface area contributed by atoms with E-state index >= 15 is 0 Å². The lowest BCUT2D eigenvalue weighted by Crippen LogP contribution is -2.48. The highest BCUT2D eigenvalue weighted by atomic mass is 79.9. The number of hydrogen-bond acceptors (Lipinski definition) is 3. The summed E-state index contributed by atoms with van der Waals surface area (Å²) in [6.07, 6.45) is 5.02. The molecule has 2 saturated heterocycles. The molecule has 2 aliphatic rings. The summed E-state index contributed by atoms with van der Waals surface area (Å²) in [6.45, 7) is 3.16. The standard InChI is InChI=1S/C16H22BrN3O/c1-2-20(13-8-11-4-5-12(9-13)19-11)15-6-3-10(16(18)21)7-14(15)17/h3,6-7,11-13,19H,2,4-5,8-9H2,1H3,(H2,18,21). The Kier molecular flexibility index (Phi) is 4.22. The molecule has 2 heterocycles. The SMILES string of the molecule is CCN(c1ccc(C(N)=O)cc1Br)C1CC2CCC(C1)N2. The molecule has 0 spiro atoms. The molecule has 0 aliphatic carbocycles. The van der Waals surface area contributed by atoms with Gasteiger partial charge in [-0.1, -0.05) is 0 Å². The van der Waals surface area contributed by atoms with Crippen LogP contribution < -0.4 is 16.0 Å². The Morgan fingerprint density at radius 1 is 1.38 bits per heavy atom. The number of piperidine rings is 1. The number of hydrogen-bond donors (Lipinski definition) is 2. The van der Waals surface area contributed by atoms with E-state index in [-0.39, 0.29) is 5.91 Å². The maximum absolute atomic E-state index is 11.3. The van der Waals surface area contributed by atoms with E-state index in [1.165, 1.54) is 25.7 Å². The fraction of sp³-hybridized carbons (Fsp3) is 0.562. The molecule has 3 N–H and O–H groups in total. The number of amides is 1. The van der Waals surface area contributed by atoms with Crippen molar-refractivity contribution in [1.82, 2.24) is 5.32 Å². The minimum absolute atomic E-state index is 0.384. The number of nitrogens with zero attached hydrogens (tertiary/aromatic N) is 1. The number of rotatable bonds is 4. The molecule has 2 fully saturated rings. The largest absolute Gasteiger partial charge is 0.368 e. The first kappa shape index (κ1) is 14.9. The Hall–Kier alpha value is -1.07. The normalized spacial score (nSPS) is 27.6. The number of fused-ring (bicyclic) bond motifs is 2. The molecular formula is C16H22BrN3O. The van der Waals surface area contributed by atoms with Crippen LogP contribution in [-0.2, 0) is 0 Å². The molecule has 0 aromatic heterocycles. The summed E-state index contributed by atoms with van der Waals surface area (Å²) in [7, 11) is 0. The molecule has 2 unspecified atom stereocenters. The predicted molar refractivity (Wildman–Crippen MR) is 88.6 cm³/mol. The average Bonchev–Trinajstić information content (AvgIpc) is 2.80. The van der Waals surface area contributed by atoms with Gasteiger partial charge in [-0.05, 0) is 66.7 Å². The van der Waals surface area contributed by atoms with Crippen LogP contribution in [0.3, 0.4) is 0 Å². The summed E-state index contributed by atoms with van der Waals surface area (Å²) < 4.78 is 0.950. The first-order valence-corrected chi connectivity index (χ1v) is 8.49. The summed E-state index contributed by atoms with van der Waals surface area (Å²) >= 11 is 3.60. The minimum Gasteiger partial charge on any atom is -0.368 e. The molecule has 1 amide bonds. The number of anilines is 1. The van der Waals surface area contributed by atoms with Crippen LogP contribution in [0.25, 0.3) is 0 Å². The molecular weight excluding hydrogens is 330 g/mol. The summed E-state index contributed by atoms with van der Waals surface area (Å²) in [4.78, 5) is 13.7.